The van der Waals surface area contributed by atoms with Crippen LogP contribution < -0.4 is 10.2 Å². The second-order valence-corrected chi connectivity index (χ2v) is 9.79. The van der Waals surface area contributed by atoms with Crippen molar-refractivity contribution in [3.63, 3.8) is 0 Å². The fourth-order valence-electron chi connectivity index (χ4n) is 4.16. The Labute approximate surface area is 213 Å². The van der Waals surface area contributed by atoms with Crippen molar-refractivity contribution >= 4 is 35.1 Å². The molecule has 35 heavy (non-hydrogen) atoms. The Kier molecular flexibility index (Phi) is 7.48. The number of rotatable bonds is 7. The summed E-state index contributed by atoms with van der Waals surface area (Å²) in [6, 6.07) is 13.1. The molecule has 5 rings (SSSR count). The lowest BCUT2D eigenvalue weighted by molar-refractivity contribution is -0.169. The van der Waals surface area contributed by atoms with Crippen LogP contribution in [0.2, 0.25) is 5.15 Å². The molecule has 0 bridgehead atoms. The molecular weight excluding hydrogens is 486 g/mol. The van der Waals surface area contributed by atoms with E-state index in [0.29, 0.717) is 41.4 Å². The first kappa shape index (κ1) is 24.0. The van der Waals surface area contributed by atoms with Crippen molar-refractivity contribution in [1.82, 2.24) is 20.3 Å². The minimum absolute atomic E-state index is 0.118. The van der Waals surface area contributed by atoms with Gasteiger partial charge in [0.25, 0.3) is 5.91 Å². The molecule has 2 aromatic heterocycles. The van der Waals surface area contributed by atoms with E-state index in [2.05, 4.69) is 20.2 Å². The highest BCUT2D eigenvalue weighted by molar-refractivity contribution is 7.98. The topological polar surface area (TPSA) is 89.5 Å². The third kappa shape index (κ3) is 6.10. The van der Waals surface area contributed by atoms with E-state index in [1.54, 1.807) is 18.5 Å². The maximum absolute atomic E-state index is 12.4. The number of nitrogens with one attached hydrogen (secondary N) is 1. The molecule has 2 aliphatic heterocycles. The smallest absolute Gasteiger partial charge is 0.251 e. The van der Waals surface area contributed by atoms with E-state index in [0.717, 1.165) is 42.9 Å². The lowest BCUT2D eigenvalue weighted by Crippen LogP contribution is -2.45. The van der Waals surface area contributed by atoms with Gasteiger partial charge in [-0.1, -0.05) is 41.6 Å². The molecule has 1 aromatic carbocycles. The molecule has 1 N–H and O–H groups in total. The van der Waals surface area contributed by atoms with Gasteiger partial charge in [-0.3, -0.25) is 9.78 Å². The van der Waals surface area contributed by atoms with E-state index in [-0.39, 0.29) is 5.91 Å². The van der Waals surface area contributed by atoms with E-state index in [1.165, 1.54) is 11.8 Å². The summed E-state index contributed by atoms with van der Waals surface area (Å²) >= 11 is 7.83. The number of carbonyl (C=O) groups is 1. The Morgan fingerprint density at radius 2 is 1.86 bits per heavy atom. The van der Waals surface area contributed by atoms with Gasteiger partial charge in [0.2, 0.25) is 0 Å². The van der Waals surface area contributed by atoms with Gasteiger partial charge in [-0.2, -0.15) is 0 Å². The Morgan fingerprint density at radius 3 is 2.57 bits per heavy atom. The van der Waals surface area contributed by atoms with Crippen molar-refractivity contribution in [2.75, 3.05) is 31.2 Å². The van der Waals surface area contributed by atoms with Gasteiger partial charge in [0, 0.05) is 62.3 Å². The molecule has 1 amide bonds. The minimum Gasteiger partial charge on any atom is -0.356 e. The number of ether oxygens (including phenoxy) is 2. The van der Waals surface area contributed by atoms with Crippen molar-refractivity contribution in [2.24, 2.45) is 0 Å². The van der Waals surface area contributed by atoms with Crippen LogP contribution in [-0.2, 0) is 21.8 Å². The largest absolute Gasteiger partial charge is 0.356 e. The average molecular weight is 512 g/mol. The maximum atomic E-state index is 12.4. The number of amides is 1. The summed E-state index contributed by atoms with van der Waals surface area (Å²) in [7, 11) is 0. The van der Waals surface area contributed by atoms with Crippen molar-refractivity contribution < 1.29 is 14.3 Å². The number of halogens is 1. The predicted molar refractivity (Wildman–Crippen MR) is 135 cm³/mol. The number of pyridine rings is 1. The Hall–Kier alpha value is -2.72. The third-order valence-corrected chi connectivity index (χ3v) is 7.20. The van der Waals surface area contributed by atoms with Gasteiger partial charge >= 0.3 is 0 Å². The van der Waals surface area contributed by atoms with Crippen LogP contribution in [-0.4, -0.2) is 52.9 Å². The molecule has 0 radical (unpaired) electrons. The number of hydrogen-bond acceptors (Lipinski definition) is 8. The minimum atomic E-state index is -0.424. The number of piperidine rings is 1. The number of nitrogens with zero attached hydrogens (tertiary/aromatic N) is 4. The van der Waals surface area contributed by atoms with Crippen LogP contribution in [0.5, 0.6) is 0 Å². The number of anilines is 1. The first-order chi connectivity index (χ1) is 17.1. The van der Waals surface area contributed by atoms with Crippen LogP contribution in [0.15, 0.2) is 60.0 Å². The summed E-state index contributed by atoms with van der Waals surface area (Å²) in [6.07, 6.45) is 5.06. The second kappa shape index (κ2) is 10.9. The Bertz CT molecular complexity index is 1150. The van der Waals surface area contributed by atoms with E-state index in [4.69, 9.17) is 26.1 Å². The Morgan fingerprint density at radius 1 is 1.09 bits per heavy atom. The van der Waals surface area contributed by atoms with Crippen LogP contribution in [0.1, 0.15) is 34.3 Å². The van der Waals surface area contributed by atoms with E-state index < -0.39 is 5.79 Å². The molecule has 8 nitrogen and oxygen atoms in total. The van der Waals surface area contributed by atoms with E-state index in [9.17, 15) is 4.79 Å². The molecule has 0 aliphatic carbocycles. The predicted octanol–water partition coefficient (Wildman–Crippen LogP) is 4.09. The van der Waals surface area contributed by atoms with Crippen molar-refractivity contribution in [2.45, 2.75) is 36.1 Å². The summed E-state index contributed by atoms with van der Waals surface area (Å²) in [6.45, 7) is 3.36. The highest BCUT2D eigenvalue weighted by Gasteiger charge is 2.40. The van der Waals surface area contributed by atoms with Crippen LogP contribution >= 0.6 is 23.4 Å². The number of hydrogen-bond donors (Lipinski definition) is 1. The SMILES string of the molecule is O=C(NCc1cccnc1)c1ccc(CSc2nc(Cl)cc(N3CCC4(CC3)OCCO4)n2)cc1. The zero-order valence-corrected chi connectivity index (χ0v) is 20.7. The van der Waals surface area contributed by atoms with Gasteiger partial charge in [0.15, 0.2) is 10.9 Å². The van der Waals surface area contributed by atoms with Gasteiger partial charge in [0.05, 0.1) is 13.2 Å². The fraction of sp³-hybridized carbons (Fsp3) is 0.360. The molecule has 2 fully saturated rings. The maximum Gasteiger partial charge on any atom is 0.251 e. The van der Waals surface area contributed by atoms with Crippen molar-refractivity contribution in [3.05, 3.63) is 76.7 Å². The Balaban J connectivity index is 1.15. The molecule has 10 heteroatoms. The van der Waals surface area contributed by atoms with Gasteiger partial charge in [-0.15, -0.1) is 0 Å². The quantitative estimate of drug-likeness (QED) is 0.288. The first-order valence-corrected chi connectivity index (χ1v) is 12.9. The second-order valence-electron chi connectivity index (χ2n) is 8.46. The monoisotopic (exact) mass is 511 g/mol. The first-order valence-electron chi connectivity index (χ1n) is 11.5. The molecule has 3 aromatic rings. The molecule has 182 valence electrons. The zero-order chi connectivity index (χ0) is 24.1. The molecule has 4 heterocycles. The van der Waals surface area contributed by atoms with Crippen LogP contribution in [0.4, 0.5) is 5.82 Å². The highest BCUT2D eigenvalue weighted by Crippen LogP contribution is 2.33. The van der Waals surface area contributed by atoms with Gasteiger partial charge in [0.1, 0.15) is 11.0 Å². The standard InChI is InChI=1S/C25H26ClN5O3S/c26-21-14-22(31-10-7-25(8-11-31)33-12-13-34-25)30-24(29-21)35-17-18-3-5-20(6-4-18)23(32)28-16-19-2-1-9-27-15-19/h1-6,9,14-15H,7-8,10-13,16-17H2,(H,28,32). The van der Waals surface area contributed by atoms with Crippen molar-refractivity contribution in [1.29, 1.82) is 0 Å². The summed E-state index contributed by atoms with van der Waals surface area (Å²) < 4.78 is 11.6. The van der Waals surface area contributed by atoms with Crippen molar-refractivity contribution in [3.8, 4) is 0 Å². The normalized spacial score (nSPS) is 17.0. The average Bonchev–Trinajstić information content (AvgIpc) is 3.35. The summed E-state index contributed by atoms with van der Waals surface area (Å²) in [5.74, 6) is 0.947. The molecule has 0 atom stereocenters. The number of aromatic nitrogens is 3. The molecule has 0 unspecified atom stereocenters. The van der Waals surface area contributed by atoms with Crippen LogP contribution in [0.25, 0.3) is 0 Å². The summed E-state index contributed by atoms with van der Waals surface area (Å²) in [5.41, 5.74) is 2.64. The zero-order valence-electron chi connectivity index (χ0n) is 19.2. The lowest BCUT2D eigenvalue weighted by Gasteiger charge is -2.38. The molecular formula is C25H26ClN5O3S. The van der Waals surface area contributed by atoms with Gasteiger partial charge in [-0.25, -0.2) is 9.97 Å². The van der Waals surface area contributed by atoms with Crippen LogP contribution in [0, 0.1) is 0 Å². The molecule has 0 saturated carbocycles. The lowest BCUT2D eigenvalue weighted by atomic mass is 10.0. The molecule has 2 aliphatic rings. The number of carbonyl (C=O) groups excluding carboxylic acids is 1. The summed E-state index contributed by atoms with van der Waals surface area (Å²) in [5, 5.41) is 3.96. The third-order valence-electron chi connectivity index (χ3n) is 6.08. The molecule has 1 spiro atoms. The van der Waals surface area contributed by atoms with Gasteiger partial charge in [-0.05, 0) is 29.3 Å². The summed E-state index contributed by atoms with van der Waals surface area (Å²) in [4.78, 5) is 27.8. The van der Waals surface area contributed by atoms with Crippen LogP contribution in [0.3, 0.4) is 0 Å². The van der Waals surface area contributed by atoms with E-state index in [1.807, 2.05) is 36.4 Å². The fourth-order valence-corrected chi connectivity index (χ4v) is 5.20. The number of thioether (sulfide) groups is 1. The van der Waals surface area contributed by atoms with Gasteiger partial charge < -0.3 is 19.7 Å². The number of benzene rings is 1. The van der Waals surface area contributed by atoms with E-state index >= 15 is 0 Å². The highest BCUT2D eigenvalue weighted by atomic mass is 35.5. The molecule has 2 saturated heterocycles.